The number of benzene rings is 2. The first-order valence-electron chi connectivity index (χ1n) is 6.85. The predicted octanol–water partition coefficient (Wildman–Crippen LogP) is 4.44. The van der Waals surface area contributed by atoms with Crippen molar-refractivity contribution >= 4 is 15.9 Å². The molecule has 0 fully saturated rings. The third kappa shape index (κ3) is 3.51. The Hall–Kier alpha value is -1.23. The van der Waals surface area contributed by atoms with Gasteiger partial charge < -0.3 is 0 Å². The molecule has 0 bridgehead atoms. The van der Waals surface area contributed by atoms with E-state index in [1.54, 1.807) is 18.2 Å². The highest BCUT2D eigenvalue weighted by molar-refractivity contribution is 9.10. The topological polar surface area (TPSA) is 38.0 Å². The van der Waals surface area contributed by atoms with Crippen molar-refractivity contribution in [2.45, 2.75) is 32.2 Å². The number of hydrogen-bond acceptors (Lipinski definition) is 2. The minimum absolute atomic E-state index is 0.0885. The molecule has 0 saturated carbocycles. The molecule has 0 amide bonds. The van der Waals surface area contributed by atoms with E-state index >= 15 is 0 Å². The normalized spacial score (nSPS) is 13.2. The number of rotatable bonds is 3. The van der Waals surface area contributed by atoms with Crippen LogP contribution in [0, 0.1) is 5.82 Å². The Morgan fingerprint density at radius 3 is 2.24 bits per heavy atom. The van der Waals surface area contributed by atoms with E-state index in [9.17, 15) is 4.39 Å². The second-order valence-corrected chi connectivity index (χ2v) is 6.97. The van der Waals surface area contributed by atoms with E-state index in [1.165, 1.54) is 5.56 Å². The number of hydrazine groups is 1. The number of halogens is 2. The van der Waals surface area contributed by atoms with E-state index in [1.807, 2.05) is 12.1 Å². The van der Waals surface area contributed by atoms with Crippen molar-refractivity contribution in [3.63, 3.8) is 0 Å². The molecule has 0 aromatic heterocycles. The van der Waals surface area contributed by atoms with Gasteiger partial charge in [-0.2, -0.15) is 0 Å². The summed E-state index contributed by atoms with van der Waals surface area (Å²) in [6.07, 6.45) is 0. The zero-order valence-corrected chi connectivity index (χ0v) is 14.0. The summed E-state index contributed by atoms with van der Waals surface area (Å²) in [5, 5.41) is 0. The quantitative estimate of drug-likeness (QED) is 0.634. The summed E-state index contributed by atoms with van der Waals surface area (Å²) in [6.45, 7) is 6.48. The summed E-state index contributed by atoms with van der Waals surface area (Å²) in [6, 6.07) is 13.0. The van der Waals surface area contributed by atoms with Crippen molar-refractivity contribution in [2.75, 3.05) is 0 Å². The molecule has 0 radical (unpaired) electrons. The molecule has 0 aliphatic rings. The van der Waals surface area contributed by atoms with Gasteiger partial charge in [0.25, 0.3) is 0 Å². The number of hydrogen-bond donors (Lipinski definition) is 2. The highest BCUT2D eigenvalue weighted by Crippen LogP contribution is 2.29. The van der Waals surface area contributed by atoms with E-state index in [-0.39, 0.29) is 17.3 Å². The molecule has 0 heterocycles. The lowest BCUT2D eigenvalue weighted by atomic mass is 9.86. The summed E-state index contributed by atoms with van der Waals surface area (Å²) in [5.74, 6) is 5.36. The first kappa shape index (κ1) is 16.1. The van der Waals surface area contributed by atoms with Gasteiger partial charge >= 0.3 is 0 Å². The van der Waals surface area contributed by atoms with Crippen molar-refractivity contribution in [3.8, 4) is 0 Å². The summed E-state index contributed by atoms with van der Waals surface area (Å²) in [7, 11) is 0. The predicted molar refractivity (Wildman–Crippen MR) is 88.4 cm³/mol. The first-order valence-corrected chi connectivity index (χ1v) is 7.64. The van der Waals surface area contributed by atoms with Gasteiger partial charge in [0.2, 0.25) is 0 Å². The van der Waals surface area contributed by atoms with Crippen molar-refractivity contribution in [2.24, 2.45) is 5.84 Å². The summed E-state index contributed by atoms with van der Waals surface area (Å²) < 4.78 is 14.7. The average Bonchev–Trinajstić information content (AvgIpc) is 2.44. The van der Waals surface area contributed by atoms with E-state index < -0.39 is 0 Å². The van der Waals surface area contributed by atoms with Crippen molar-refractivity contribution < 1.29 is 4.39 Å². The maximum Gasteiger partial charge on any atom is 0.142 e. The molecule has 0 aliphatic heterocycles. The van der Waals surface area contributed by atoms with Gasteiger partial charge in [-0.3, -0.25) is 5.84 Å². The molecular formula is C17H20BrFN2. The molecule has 0 aliphatic carbocycles. The zero-order chi connectivity index (χ0) is 15.6. The smallest absolute Gasteiger partial charge is 0.142 e. The van der Waals surface area contributed by atoms with E-state index in [2.05, 4.69) is 54.3 Å². The average molecular weight is 351 g/mol. The molecule has 0 saturated heterocycles. The van der Waals surface area contributed by atoms with Gasteiger partial charge in [-0.25, -0.2) is 9.82 Å². The fourth-order valence-electron chi connectivity index (χ4n) is 2.28. The van der Waals surface area contributed by atoms with Gasteiger partial charge in [0.15, 0.2) is 0 Å². The van der Waals surface area contributed by atoms with E-state index in [0.29, 0.717) is 10.0 Å². The third-order valence-corrected chi connectivity index (χ3v) is 4.18. The SMILES string of the molecule is CC(C)(C)c1ccc(C(NN)c2cccc(Br)c2F)cc1. The van der Waals surface area contributed by atoms with Gasteiger partial charge in [0.05, 0.1) is 10.5 Å². The summed E-state index contributed by atoms with van der Waals surface area (Å²) >= 11 is 3.21. The Morgan fingerprint density at radius 2 is 1.71 bits per heavy atom. The van der Waals surface area contributed by atoms with Gasteiger partial charge in [0.1, 0.15) is 5.82 Å². The molecule has 21 heavy (non-hydrogen) atoms. The van der Waals surface area contributed by atoms with Crippen LogP contribution in [-0.4, -0.2) is 0 Å². The van der Waals surface area contributed by atoms with Crippen LogP contribution in [0.1, 0.15) is 43.5 Å². The maximum atomic E-state index is 14.3. The molecule has 1 unspecified atom stereocenters. The van der Waals surface area contributed by atoms with E-state index in [0.717, 1.165) is 5.56 Å². The monoisotopic (exact) mass is 350 g/mol. The highest BCUT2D eigenvalue weighted by atomic mass is 79.9. The van der Waals surface area contributed by atoms with Gasteiger partial charge in [-0.05, 0) is 38.5 Å². The lowest BCUT2D eigenvalue weighted by Crippen LogP contribution is -2.29. The minimum atomic E-state index is -0.378. The van der Waals surface area contributed by atoms with Crippen LogP contribution in [0.25, 0.3) is 0 Å². The van der Waals surface area contributed by atoms with Crippen molar-refractivity contribution in [1.82, 2.24) is 5.43 Å². The van der Waals surface area contributed by atoms with Gasteiger partial charge in [0, 0.05) is 5.56 Å². The van der Waals surface area contributed by atoms with Crippen molar-refractivity contribution in [3.05, 3.63) is 69.4 Å². The molecule has 2 nitrogen and oxygen atoms in total. The molecule has 3 N–H and O–H groups in total. The molecule has 1 atom stereocenters. The summed E-state index contributed by atoms with van der Waals surface area (Å²) in [4.78, 5) is 0. The molecule has 0 spiro atoms. The highest BCUT2D eigenvalue weighted by Gasteiger charge is 2.19. The van der Waals surface area contributed by atoms with E-state index in [4.69, 9.17) is 5.84 Å². The minimum Gasteiger partial charge on any atom is -0.271 e. The second-order valence-electron chi connectivity index (χ2n) is 6.11. The Labute approximate surface area is 133 Å². The molecule has 2 aromatic rings. The van der Waals surface area contributed by atoms with Crippen LogP contribution >= 0.6 is 15.9 Å². The second kappa shape index (κ2) is 6.26. The lowest BCUT2D eigenvalue weighted by molar-refractivity contribution is 0.554. The third-order valence-electron chi connectivity index (χ3n) is 3.57. The summed E-state index contributed by atoms with van der Waals surface area (Å²) in [5.41, 5.74) is 5.48. The molecule has 4 heteroatoms. The van der Waals surface area contributed by atoms with Crippen LogP contribution in [0.5, 0.6) is 0 Å². The molecule has 2 aromatic carbocycles. The van der Waals surface area contributed by atoms with Gasteiger partial charge in [-0.15, -0.1) is 0 Å². The molecular weight excluding hydrogens is 331 g/mol. The van der Waals surface area contributed by atoms with Crippen LogP contribution in [-0.2, 0) is 5.41 Å². The zero-order valence-electron chi connectivity index (χ0n) is 12.5. The van der Waals surface area contributed by atoms with Crippen LogP contribution < -0.4 is 11.3 Å². The Balaban J connectivity index is 2.40. The maximum absolute atomic E-state index is 14.3. The fraction of sp³-hybridized carbons (Fsp3) is 0.294. The van der Waals surface area contributed by atoms with Crippen LogP contribution in [0.15, 0.2) is 46.9 Å². The number of nitrogens with one attached hydrogen (secondary N) is 1. The van der Waals surface area contributed by atoms with Gasteiger partial charge in [-0.1, -0.05) is 57.2 Å². The van der Waals surface area contributed by atoms with Crippen molar-refractivity contribution in [1.29, 1.82) is 0 Å². The first-order chi connectivity index (χ1) is 9.84. The van der Waals surface area contributed by atoms with Crippen LogP contribution in [0.2, 0.25) is 0 Å². The lowest BCUT2D eigenvalue weighted by Gasteiger charge is -2.22. The number of nitrogens with two attached hydrogens (primary N) is 1. The van der Waals surface area contributed by atoms with Crippen LogP contribution in [0.4, 0.5) is 4.39 Å². The Kier molecular flexibility index (Phi) is 4.81. The Bertz CT molecular complexity index is 618. The molecule has 112 valence electrons. The van der Waals surface area contributed by atoms with Crippen LogP contribution in [0.3, 0.4) is 0 Å². The molecule has 2 rings (SSSR count). The Morgan fingerprint density at radius 1 is 1.10 bits per heavy atom. The fourth-order valence-corrected chi connectivity index (χ4v) is 2.67. The largest absolute Gasteiger partial charge is 0.271 e. The standard InChI is InChI=1S/C17H20BrFN2/c1-17(2,3)12-9-7-11(8-10-12)16(21-20)13-5-4-6-14(18)15(13)19/h4-10,16,21H,20H2,1-3H3.